The van der Waals surface area contributed by atoms with E-state index in [1.54, 1.807) is 0 Å². The van der Waals surface area contributed by atoms with Gasteiger partial charge in [-0.25, -0.2) is 0 Å². The van der Waals surface area contributed by atoms with E-state index in [4.69, 9.17) is 5.73 Å². The molecule has 1 aromatic carbocycles. The predicted molar refractivity (Wildman–Crippen MR) is 51.1 cm³/mol. The molecule has 2 nitrogen and oxygen atoms in total. The second-order valence-electron chi connectivity index (χ2n) is 3.83. The number of alkyl halides is 3. The fraction of sp³-hybridized carbons (Fsp3) is 0.400. The van der Waals surface area contributed by atoms with Crippen LogP contribution in [0.15, 0.2) is 18.2 Å². The van der Waals surface area contributed by atoms with Crippen LogP contribution < -0.4 is 5.73 Å². The summed E-state index contributed by atoms with van der Waals surface area (Å²) in [6, 6.07) is 3.46. The number of nitrogen functional groups attached to an aromatic ring is 1. The number of anilines is 1. The van der Waals surface area contributed by atoms with E-state index in [1.165, 1.54) is 26.0 Å². The maximum absolute atomic E-state index is 12.6. The summed E-state index contributed by atoms with van der Waals surface area (Å²) < 4.78 is 37.8. The highest BCUT2D eigenvalue weighted by molar-refractivity contribution is 5.54. The summed E-state index contributed by atoms with van der Waals surface area (Å²) in [5, 5.41) is 9.63. The van der Waals surface area contributed by atoms with Crippen molar-refractivity contribution in [3.05, 3.63) is 29.3 Å². The van der Waals surface area contributed by atoms with E-state index in [9.17, 15) is 18.3 Å². The van der Waals surface area contributed by atoms with Crippen molar-refractivity contribution >= 4 is 5.69 Å². The molecule has 0 bridgehead atoms. The average molecular weight is 219 g/mol. The lowest BCUT2D eigenvalue weighted by Gasteiger charge is -2.24. The van der Waals surface area contributed by atoms with E-state index in [0.717, 1.165) is 6.07 Å². The molecule has 0 saturated heterocycles. The zero-order valence-corrected chi connectivity index (χ0v) is 8.39. The maximum atomic E-state index is 12.6. The summed E-state index contributed by atoms with van der Waals surface area (Å²) in [6.45, 7) is 2.54. The van der Waals surface area contributed by atoms with Crippen LogP contribution in [-0.2, 0) is 11.8 Å². The number of hydrogen-bond acceptors (Lipinski definition) is 2. The van der Waals surface area contributed by atoms with Gasteiger partial charge in [-0.15, -0.1) is 0 Å². The highest BCUT2D eigenvalue weighted by atomic mass is 19.4. The molecule has 0 aliphatic heterocycles. The van der Waals surface area contributed by atoms with Crippen molar-refractivity contribution < 1.29 is 18.3 Å². The van der Waals surface area contributed by atoms with E-state index in [2.05, 4.69) is 0 Å². The van der Waals surface area contributed by atoms with Crippen LogP contribution in [0, 0.1) is 0 Å². The van der Waals surface area contributed by atoms with Crippen LogP contribution in [0.25, 0.3) is 0 Å². The second-order valence-corrected chi connectivity index (χ2v) is 3.83. The monoisotopic (exact) mass is 219 g/mol. The Labute approximate surface area is 85.5 Å². The van der Waals surface area contributed by atoms with Crippen molar-refractivity contribution in [3.63, 3.8) is 0 Å². The molecule has 0 aliphatic rings. The lowest BCUT2D eigenvalue weighted by atomic mass is 9.91. The summed E-state index contributed by atoms with van der Waals surface area (Å²) in [6.07, 6.45) is -4.51. The van der Waals surface area contributed by atoms with Gasteiger partial charge in [0.1, 0.15) is 0 Å². The van der Waals surface area contributed by atoms with Crippen molar-refractivity contribution in [2.45, 2.75) is 25.6 Å². The van der Waals surface area contributed by atoms with Crippen LogP contribution in [0.1, 0.15) is 25.0 Å². The number of nitrogens with two attached hydrogens (primary N) is 1. The summed E-state index contributed by atoms with van der Waals surface area (Å²) in [5.74, 6) is 0. The van der Waals surface area contributed by atoms with Crippen LogP contribution in [0.4, 0.5) is 18.9 Å². The molecule has 0 heterocycles. The van der Waals surface area contributed by atoms with Gasteiger partial charge >= 0.3 is 6.18 Å². The van der Waals surface area contributed by atoms with Gasteiger partial charge < -0.3 is 10.8 Å². The van der Waals surface area contributed by atoms with Crippen LogP contribution in [0.3, 0.4) is 0 Å². The molecule has 0 aromatic heterocycles. The Bertz CT molecular complexity index is 366. The Morgan fingerprint density at radius 1 is 1.20 bits per heavy atom. The molecule has 0 aliphatic carbocycles. The molecular weight excluding hydrogens is 207 g/mol. The fourth-order valence-corrected chi connectivity index (χ4v) is 1.49. The zero-order chi connectivity index (χ0) is 11.9. The molecule has 0 spiro atoms. The topological polar surface area (TPSA) is 46.2 Å². The van der Waals surface area contributed by atoms with Gasteiger partial charge in [-0.1, -0.05) is 6.07 Å². The van der Waals surface area contributed by atoms with Gasteiger partial charge in [-0.3, -0.25) is 0 Å². The smallest absolute Gasteiger partial charge is 0.398 e. The molecule has 0 atom stereocenters. The standard InChI is InChI=1S/C10H12F3NO/c1-9(2,15)8-6(10(11,12)13)4-3-5-7(8)14/h3-5,15H,14H2,1-2H3. The van der Waals surface area contributed by atoms with Gasteiger partial charge in [0.15, 0.2) is 0 Å². The molecule has 0 fully saturated rings. The van der Waals surface area contributed by atoms with Crippen LogP contribution in [0.2, 0.25) is 0 Å². The van der Waals surface area contributed by atoms with Gasteiger partial charge in [-0.05, 0) is 26.0 Å². The minimum Gasteiger partial charge on any atom is -0.398 e. The van der Waals surface area contributed by atoms with E-state index in [0.29, 0.717) is 0 Å². The summed E-state index contributed by atoms with van der Waals surface area (Å²) in [7, 11) is 0. The summed E-state index contributed by atoms with van der Waals surface area (Å²) in [5.41, 5.74) is 2.60. The largest absolute Gasteiger partial charge is 0.416 e. The Morgan fingerprint density at radius 3 is 2.07 bits per heavy atom. The third-order valence-electron chi connectivity index (χ3n) is 2.01. The van der Waals surface area contributed by atoms with Crippen LogP contribution >= 0.6 is 0 Å². The maximum Gasteiger partial charge on any atom is 0.416 e. The first-order valence-corrected chi connectivity index (χ1v) is 4.32. The van der Waals surface area contributed by atoms with Crippen molar-refractivity contribution in [2.24, 2.45) is 0 Å². The van der Waals surface area contributed by atoms with E-state index >= 15 is 0 Å². The lowest BCUT2D eigenvalue weighted by Crippen LogP contribution is -2.23. The Hall–Kier alpha value is -1.23. The number of rotatable bonds is 1. The van der Waals surface area contributed by atoms with E-state index in [1.807, 2.05) is 0 Å². The van der Waals surface area contributed by atoms with Gasteiger partial charge in [0.05, 0.1) is 11.2 Å². The van der Waals surface area contributed by atoms with Crippen molar-refractivity contribution in [2.75, 3.05) is 5.73 Å². The molecule has 1 aromatic rings. The van der Waals surface area contributed by atoms with Crippen molar-refractivity contribution in [3.8, 4) is 0 Å². The Kier molecular flexibility index (Phi) is 2.69. The Balaban J connectivity index is 3.48. The Morgan fingerprint density at radius 2 is 1.73 bits per heavy atom. The van der Waals surface area contributed by atoms with E-state index in [-0.39, 0.29) is 11.3 Å². The molecule has 0 amide bonds. The van der Waals surface area contributed by atoms with Crippen molar-refractivity contribution in [1.29, 1.82) is 0 Å². The molecule has 84 valence electrons. The molecule has 15 heavy (non-hydrogen) atoms. The molecule has 0 saturated carbocycles. The molecule has 5 heteroatoms. The first kappa shape index (κ1) is 11.8. The van der Waals surface area contributed by atoms with Gasteiger partial charge in [-0.2, -0.15) is 13.2 Å². The number of benzene rings is 1. The highest BCUT2D eigenvalue weighted by Gasteiger charge is 2.38. The highest BCUT2D eigenvalue weighted by Crippen LogP contribution is 2.39. The molecular formula is C10H12F3NO. The van der Waals surface area contributed by atoms with Gasteiger partial charge in [0.2, 0.25) is 0 Å². The average Bonchev–Trinajstić information content (AvgIpc) is 1.99. The number of hydrogen-bond donors (Lipinski definition) is 2. The summed E-state index contributed by atoms with van der Waals surface area (Å²) in [4.78, 5) is 0. The summed E-state index contributed by atoms with van der Waals surface area (Å²) >= 11 is 0. The van der Waals surface area contributed by atoms with Crippen LogP contribution in [0.5, 0.6) is 0 Å². The predicted octanol–water partition coefficient (Wildman–Crippen LogP) is 2.52. The normalized spacial score (nSPS) is 12.9. The molecule has 3 N–H and O–H groups in total. The SMILES string of the molecule is CC(C)(O)c1c(N)cccc1C(F)(F)F. The third-order valence-corrected chi connectivity index (χ3v) is 2.01. The third kappa shape index (κ3) is 2.41. The van der Waals surface area contributed by atoms with Gasteiger partial charge in [0.25, 0.3) is 0 Å². The van der Waals surface area contributed by atoms with E-state index < -0.39 is 17.3 Å². The first-order chi connectivity index (χ1) is 6.64. The zero-order valence-electron chi connectivity index (χ0n) is 8.39. The number of aliphatic hydroxyl groups is 1. The lowest BCUT2D eigenvalue weighted by molar-refractivity contribution is -0.140. The quantitative estimate of drug-likeness (QED) is 0.713. The minimum atomic E-state index is -4.51. The first-order valence-electron chi connectivity index (χ1n) is 4.32. The van der Waals surface area contributed by atoms with Crippen molar-refractivity contribution in [1.82, 2.24) is 0 Å². The molecule has 1 rings (SSSR count). The molecule has 0 radical (unpaired) electrons. The molecule has 0 unspecified atom stereocenters. The van der Waals surface area contributed by atoms with Crippen LogP contribution in [-0.4, -0.2) is 5.11 Å². The fourth-order valence-electron chi connectivity index (χ4n) is 1.49. The minimum absolute atomic E-state index is 0.0580. The number of halogens is 3. The second kappa shape index (κ2) is 3.41. The van der Waals surface area contributed by atoms with Gasteiger partial charge in [0, 0.05) is 11.3 Å².